The molecule has 1 saturated heterocycles. The van der Waals surface area contributed by atoms with E-state index in [2.05, 4.69) is 0 Å². The molecule has 2 fully saturated rings. The van der Waals surface area contributed by atoms with Crippen molar-refractivity contribution in [3.05, 3.63) is 0 Å². The van der Waals surface area contributed by atoms with Crippen molar-refractivity contribution in [1.82, 2.24) is 0 Å². The molecule has 3 nitrogen and oxygen atoms in total. The summed E-state index contributed by atoms with van der Waals surface area (Å²) in [6, 6.07) is 0.238. The molecule has 0 aromatic rings. The molecule has 2 unspecified atom stereocenters. The summed E-state index contributed by atoms with van der Waals surface area (Å²) < 4.78 is 11.2. The number of rotatable bonds is 5. The molecule has 2 rings (SSSR count). The summed E-state index contributed by atoms with van der Waals surface area (Å²) in [7, 11) is 0. The first kappa shape index (κ1) is 12.3. The number of hydrogen-bond donors (Lipinski definition) is 1. The largest absolute Gasteiger partial charge is 0.377 e. The van der Waals surface area contributed by atoms with Crippen LogP contribution in [-0.4, -0.2) is 32.0 Å². The molecular weight excluding hydrogens is 202 g/mol. The normalized spacial score (nSPS) is 29.4. The monoisotopic (exact) mass is 227 g/mol. The lowest BCUT2D eigenvalue weighted by atomic mass is 9.84. The zero-order chi connectivity index (χ0) is 11.2. The van der Waals surface area contributed by atoms with Gasteiger partial charge in [0.25, 0.3) is 0 Å². The van der Waals surface area contributed by atoms with Crippen molar-refractivity contribution in [2.75, 3.05) is 19.8 Å². The first-order chi connectivity index (χ1) is 7.86. The molecule has 1 heterocycles. The summed E-state index contributed by atoms with van der Waals surface area (Å²) >= 11 is 0. The maximum atomic E-state index is 6.17. The highest BCUT2D eigenvalue weighted by molar-refractivity contribution is 4.76. The number of hydrogen-bond acceptors (Lipinski definition) is 3. The van der Waals surface area contributed by atoms with Gasteiger partial charge in [0.1, 0.15) is 0 Å². The van der Waals surface area contributed by atoms with Gasteiger partial charge in [0.2, 0.25) is 0 Å². The third-order valence-electron chi connectivity index (χ3n) is 3.89. The van der Waals surface area contributed by atoms with Crippen LogP contribution in [0, 0.1) is 5.92 Å². The topological polar surface area (TPSA) is 44.5 Å². The lowest BCUT2D eigenvalue weighted by Crippen LogP contribution is -2.36. The first-order valence-electron chi connectivity index (χ1n) is 6.81. The minimum atomic E-state index is 0.238. The summed E-state index contributed by atoms with van der Waals surface area (Å²) in [6.45, 7) is 2.35. The second kappa shape index (κ2) is 6.58. The zero-order valence-corrected chi connectivity index (χ0v) is 10.2. The van der Waals surface area contributed by atoms with Gasteiger partial charge in [-0.05, 0) is 31.6 Å². The fourth-order valence-electron chi connectivity index (χ4n) is 2.81. The summed E-state index contributed by atoms with van der Waals surface area (Å²) in [5, 5.41) is 0. The van der Waals surface area contributed by atoms with Crippen LogP contribution in [0.1, 0.15) is 44.9 Å². The molecule has 1 aliphatic carbocycles. The van der Waals surface area contributed by atoms with Gasteiger partial charge in [0.15, 0.2) is 0 Å². The zero-order valence-electron chi connectivity index (χ0n) is 10.2. The van der Waals surface area contributed by atoms with Crippen LogP contribution in [0.4, 0.5) is 0 Å². The van der Waals surface area contributed by atoms with E-state index < -0.39 is 0 Å². The molecule has 2 aliphatic rings. The first-order valence-corrected chi connectivity index (χ1v) is 6.81. The predicted molar refractivity (Wildman–Crippen MR) is 64.3 cm³/mol. The van der Waals surface area contributed by atoms with Gasteiger partial charge in [-0.25, -0.2) is 0 Å². The third kappa shape index (κ3) is 3.72. The second-order valence-corrected chi connectivity index (χ2v) is 5.23. The highest BCUT2D eigenvalue weighted by atomic mass is 16.5. The summed E-state index contributed by atoms with van der Waals surface area (Å²) in [4.78, 5) is 0. The smallest absolute Gasteiger partial charge is 0.0809 e. The minimum Gasteiger partial charge on any atom is -0.377 e. The SMILES string of the molecule is NC(COCC1CCCO1)C1CCCCC1. The molecule has 0 amide bonds. The molecule has 0 spiro atoms. The van der Waals surface area contributed by atoms with Gasteiger partial charge in [-0.3, -0.25) is 0 Å². The number of nitrogens with two attached hydrogens (primary N) is 1. The Hall–Kier alpha value is -0.120. The Morgan fingerprint density at radius 2 is 1.94 bits per heavy atom. The van der Waals surface area contributed by atoms with Gasteiger partial charge in [0, 0.05) is 12.6 Å². The lowest BCUT2D eigenvalue weighted by Gasteiger charge is -2.27. The maximum Gasteiger partial charge on any atom is 0.0809 e. The molecule has 0 aromatic carbocycles. The van der Waals surface area contributed by atoms with Crippen molar-refractivity contribution in [2.24, 2.45) is 11.7 Å². The fourth-order valence-corrected chi connectivity index (χ4v) is 2.81. The van der Waals surface area contributed by atoms with Crippen LogP contribution >= 0.6 is 0 Å². The standard InChI is InChI=1S/C13H25NO2/c14-13(11-5-2-1-3-6-11)10-15-9-12-7-4-8-16-12/h11-13H,1-10,14H2. The van der Waals surface area contributed by atoms with Crippen molar-refractivity contribution < 1.29 is 9.47 Å². The molecule has 1 saturated carbocycles. The summed E-state index contributed by atoms with van der Waals surface area (Å²) in [5.74, 6) is 0.693. The van der Waals surface area contributed by atoms with E-state index in [-0.39, 0.29) is 6.04 Å². The van der Waals surface area contributed by atoms with E-state index >= 15 is 0 Å². The van der Waals surface area contributed by atoms with E-state index in [9.17, 15) is 0 Å². The summed E-state index contributed by atoms with van der Waals surface area (Å²) in [6.07, 6.45) is 9.35. The van der Waals surface area contributed by atoms with Crippen LogP contribution in [0.15, 0.2) is 0 Å². The summed E-state index contributed by atoms with van der Waals surface area (Å²) in [5.41, 5.74) is 6.17. The van der Waals surface area contributed by atoms with Crippen LogP contribution in [0.3, 0.4) is 0 Å². The average Bonchev–Trinajstić information content (AvgIpc) is 2.83. The highest BCUT2D eigenvalue weighted by Gasteiger charge is 2.21. The van der Waals surface area contributed by atoms with Gasteiger partial charge in [0.05, 0.1) is 19.3 Å². The number of ether oxygens (including phenoxy) is 2. The van der Waals surface area contributed by atoms with Crippen LogP contribution < -0.4 is 5.73 Å². The van der Waals surface area contributed by atoms with E-state index in [4.69, 9.17) is 15.2 Å². The van der Waals surface area contributed by atoms with Crippen molar-refractivity contribution in [3.63, 3.8) is 0 Å². The van der Waals surface area contributed by atoms with Crippen molar-refractivity contribution >= 4 is 0 Å². The molecule has 94 valence electrons. The van der Waals surface area contributed by atoms with E-state index in [1.54, 1.807) is 0 Å². The minimum absolute atomic E-state index is 0.238. The van der Waals surface area contributed by atoms with Crippen LogP contribution in [0.25, 0.3) is 0 Å². The molecular formula is C13H25NO2. The van der Waals surface area contributed by atoms with Gasteiger partial charge in [-0.1, -0.05) is 19.3 Å². The van der Waals surface area contributed by atoms with Crippen LogP contribution in [-0.2, 0) is 9.47 Å². The Balaban J connectivity index is 1.57. The van der Waals surface area contributed by atoms with Gasteiger partial charge >= 0.3 is 0 Å². The van der Waals surface area contributed by atoms with Crippen LogP contribution in [0.5, 0.6) is 0 Å². The quantitative estimate of drug-likeness (QED) is 0.782. The van der Waals surface area contributed by atoms with Crippen molar-refractivity contribution in [1.29, 1.82) is 0 Å². The Bertz CT molecular complexity index is 186. The average molecular weight is 227 g/mol. The molecule has 0 bridgehead atoms. The Labute approximate surface area is 98.7 Å². The van der Waals surface area contributed by atoms with Gasteiger partial charge in [-0.2, -0.15) is 0 Å². The molecule has 1 aliphatic heterocycles. The lowest BCUT2D eigenvalue weighted by molar-refractivity contribution is 0.00698. The predicted octanol–water partition coefficient (Wildman–Crippen LogP) is 2.09. The van der Waals surface area contributed by atoms with Crippen LogP contribution in [0.2, 0.25) is 0 Å². The Morgan fingerprint density at radius 1 is 1.12 bits per heavy atom. The molecule has 3 heteroatoms. The van der Waals surface area contributed by atoms with E-state index in [1.807, 2.05) is 0 Å². The van der Waals surface area contributed by atoms with Crippen molar-refractivity contribution in [3.8, 4) is 0 Å². The van der Waals surface area contributed by atoms with E-state index in [0.717, 1.165) is 19.6 Å². The van der Waals surface area contributed by atoms with E-state index in [1.165, 1.54) is 38.5 Å². The molecule has 2 N–H and O–H groups in total. The van der Waals surface area contributed by atoms with Gasteiger partial charge < -0.3 is 15.2 Å². The van der Waals surface area contributed by atoms with Crippen molar-refractivity contribution in [2.45, 2.75) is 57.1 Å². The second-order valence-electron chi connectivity index (χ2n) is 5.23. The van der Waals surface area contributed by atoms with E-state index in [0.29, 0.717) is 18.6 Å². The molecule has 2 atom stereocenters. The maximum absolute atomic E-state index is 6.17. The van der Waals surface area contributed by atoms with Gasteiger partial charge in [-0.15, -0.1) is 0 Å². The molecule has 16 heavy (non-hydrogen) atoms. The molecule has 0 radical (unpaired) electrons. The Kier molecular flexibility index (Phi) is 5.07. The highest BCUT2D eigenvalue weighted by Crippen LogP contribution is 2.25. The fraction of sp³-hybridized carbons (Fsp3) is 1.00. The third-order valence-corrected chi connectivity index (χ3v) is 3.89. The molecule has 0 aromatic heterocycles. The Morgan fingerprint density at radius 3 is 2.62 bits per heavy atom.